The van der Waals surface area contributed by atoms with E-state index in [0.717, 1.165) is 21.9 Å². The quantitative estimate of drug-likeness (QED) is 0.470. The summed E-state index contributed by atoms with van der Waals surface area (Å²) in [6, 6.07) is 0. The molecular weight excluding hydrogens is 156 g/mol. The van der Waals surface area contributed by atoms with E-state index < -0.39 is 0 Å². The highest BCUT2D eigenvalue weighted by Crippen LogP contribution is 2.03. The highest BCUT2D eigenvalue weighted by atomic mass is 32.1. The van der Waals surface area contributed by atoms with Crippen molar-refractivity contribution in [3.8, 4) is 0 Å². The lowest BCUT2D eigenvalue weighted by Gasteiger charge is -2.01. The number of hydrogen-bond acceptors (Lipinski definition) is 3. The van der Waals surface area contributed by atoms with E-state index in [-0.39, 0.29) is 0 Å². The van der Waals surface area contributed by atoms with Gasteiger partial charge in [0.15, 0.2) is 0 Å². The molecule has 0 aliphatic carbocycles. The van der Waals surface area contributed by atoms with Gasteiger partial charge in [-0.2, -0.15) is 0 Å². The fourth-order valence-electron chi connectivity index (χ4n) is 0.943. The zero-order chi connectivity index (χ0) is 8.43. The molecule has 58 valence electrons. The van der Waals surface area contributed by atoms with Crippen molar-refractivity contribution < 1.29 is 0 Å². The monoisotopic (exact) mass is 166 g/mol. The van der Waals surface area contributed by atoms with Crippen molar-refractivity contribution in [3.63, 3.8) is 0 Å². The summed E-state index contributed by atoms with van der Waals surface area (Å²) in [6.07, 6.45) is 1.73. The third-order valence-electron chi connectivity index (χ3n) is 1.40. The van der Waals surface area contributed by atoms with Gasteiger partial charge >= 0.3 is 0 Å². The molecule has 3 heteroatoms. The fourth-order valence-corrected chi connectivity index (χ4v) is 1.14. The maximum absolute atomic E-state index is 4.99. The van der Waals surface area contributed by atoms with Crippen molar-refractivity contribution in [1.29, 1.82) is 0 Å². The van der Waals surface area contributed by atoms with Crippen molar-refractivity contribution in [2.45, 2.75) is 20.8 Å². The van der Waals surface area contributed by atoms with Gasteiger partial charge in [0.2, 0.25) is 0 Å². The Morgan fingerprint density at radius 1 is 1.45 bits per heavy atom. The molecule has 0 fully saturated rings. The van der Waals surface area contributed by atoms with Gasteiger partial charge in [-0.1, -0.05) is 12.2 Å². The first-order valence-corrected chi connectivity index (χ1v) is 3.83. The van der Waals surface area contributed by atoms with Gasteiger partial charge in [0.25, 0.3) is 0 Å². The zero-order valence-electron chi connectivity index (χ0n) is 6.88. The maximum atomic E-state index is 4.99. The minimum absolute atomic E-state index is 0.801. The molecular formula is C8H10N2S. The lowest BCUT2D eigenvalue weighted by molar-refractivity contribution is 1.04. The molecule has 2 nitrogen and oxygen atoms in total. The third-order valence-corrected chi connectivity index (χ3v) is 1.59. The molecule has 1 rings (SSSR count). The fraction of sp³-hybridized carbons (Fsp3) is 0.375. The van der Waals surface area contributed by atoms with Crippen molar-refractivity contribution in [3.05, 3.63) is 23.3 Å². The van der Waals surface area contributed by atoms with Gasteiger partial charge in [-0.25, -0.2) is 0 Å². The molecule has 0 saturated carbocycles. The second-order valence-electron chi connectivity index (χ2n) is 2.50. The van der Waals surface area contributed by atoms with Crippen LogP contribution in [0, 0.1) is 13.8 Å². The van der Waals surface area contributed by atoms with Crippen LogP contribution in [0.1, 0.15) is 24.0 Å². The maximum Gasteiger partial charge on any atom is 0.0978 e. The molecule has 0 radical (unpaired) electrons. The van der Waals surface area contributed by atoms with Crippen LogP contribution in [0.3, 0.4) is 0 Å². The number of aromatic nitrogens is 2. The molecule has 1 heterocycles. The summed E-state index contributed by atoms with van der Waals surface area (Å²) < 4.78 is 0. The van der Waals surface area contributed by atoms with E-state index in [1.54, 1.807) is 6.20 Å². The second-order valence-corrected chi connectivity index (χ2v) is 3.11. The second kappa shape index (κ2) is 3.05. The van der Waals surface area contributed by atoms with Crippen molar-refractivity contribution >= 4 is 17.1 Å². The van der Waals surface area contributed by atoms with E-state index >= 15 is 0 Å². The largest absolute Gasteiger partial charge is 0.255 e. The first kappa shape index (κ1) is 8.27. The molecule has 1 aromatic heterocycles. The van der Waals surface area contributed by atoms with Gasteiger partial charge in [-0.15, -0.1) is 0 Å². The van der Waals surface area contributed by atoms with Gasteiger partial charge in [0.1, 0.15) is 0 Å². The van der Waals surface area contributed by atoms with Crippen molar-refractivity contribution in [2.75, 3.05) is 0 Å². The zero-order valence-corrected chi connectivity index (χ0v) is 7.70. The Morgan fingerprint density at radius 2 is 2.09 bits per heavy atom. The van der Waals surface area contributed by atoms with Crippen molar-refractivity contribution in [2.24, 2.45) is 0 Å². The smallest absolute Gasteiger partial charge is 0.0978 e. The number of rotatable bonds is 1. The minimum Gasteiger partial charge on any atom is -0.255 e. The van der Waals surface area contributed by atoms with Crippen LogP contribution in [-0.4, -0.2) is 14.8 Å². The summed E-state index contributed by atoms with van der Waals surface area (Å²) in [7, 11) is 0. The topological polar surface area (TPSA) is 25.8 Å². The first-order chi connectivity index (χ1) is 5.11. The summed E-state index contributed by atoms with van der Waals surface area (Å²) in [6.45, 7) is 5.70. The molecule has 0 N–H and O–H groups in total. The molecule has 1 aromatic rings. The first-order valence-electron chi connectivity index (χ1n) is 3.42. The Bertz CT molecular complexity index is 294. The van der Waals surface area contributed by atoms with E-state index in [9.17, 15) is 0 Å². The van der Waals surface area contributed by atoms with Crippen molar-refractivity contribution in [1.82, 2.24) is 9.97 Å². The average Bonchev–Trinajstić information content (AvgIpc) is 1.85. The van der Waals surface area contributed by atoms with E-state index in [1.165, 1.54) is 0 Å². The Labute approximate surface area is 71.7 Å². The van der Waals surface area contributed by atoms with Crippen LogP contribution in [0.15, 0.2) is 6.20 Å². The van der Waals surface area contributed by atoms with Gasteiger partial charge in [-0.3, -0.25) is 9.97 Å². The van der Waals surface area contributed by atoms with Gasteiger partial charge in [-0.05, 0) is 20.8 Å². The Kier molecular flexibility index (Phi) is 2.29. The molecule has 0 aliphatic heterocycles. The predicted octanol–water partition coefficient (Wildman–Crippen LogP) is 1.83. The molecule has 11 heavy (non-hydrogen) atoms. The lowest BCUT2D eigenvalue weighted by Crippen LogP contribution is -2.02. The standard InChI is InChI=1S/C8H10N2S/c1-5-4-9-8(7(3)11)6(2)10-5/h4H,1-3H3. The van der Waals surface area contributed by atoms with E-state index in [1.807, 2.05) is 20.8 Å². The van der Waals surface area contributed by atoms with Crippen LogP contribution in [0.4, 0.5) is 0 Å². The number of aryl methyl sites for hydroxylation is 2. The summed E-state index contributed by atoms with van der Waals surface area (Å²) in [5.74, 6) is 0. The van der Waals surface area contributed by atoms with Gasteiger partial charge < -0.3 is 0 Å². The summed E-state index contributed by atoms with van der Waals surface area (Å²) in [5, 5.41) is 0. The predicted molar refractivity (Wildman–Crippen MR) is 48.9 cm³/mol. The normalized spacial score (nSPS) is 9.73. The number of hydrogen-bond donors (Lipinski definition) is 0. The van der Waals surface area contributed by atoms with Gasteiger partial charge in [0, 0.05) is 11.1 Å². The number of nitrogens with zero attached hydrogens (tertiary/aromatic N) is 2. The van der Waals surface area contributed by atoms with E-state index in [4.69, 9.17) is 12.2 Å². The molecule has 0 amide bonds. The van der Waals surface area contributed by atoms with E-state index in [0.29, 0.717) is 0 Å². The highest BCUT2D eigenvalue weighted by molar-refractivity contribution is 7.80. The molecule has 0 saturated heterocycles. The highest BCUT2D eigenvalue weighted by Gasteiger charge is 2.01. The Hall–Kier alpha value is -0.830. The van der Waals surface area contributed by atoms with Crippen LogP contribution in [-0.2, 0) is 0 Å². The van der Waals surface area contributed by atoms with Crippen LogP contribution in [0.25, 0.3) is 0 Å². The van der Waals surface area contributed by atoms with E-state index in [2.05, 4.69) is 9.97 Å². The minimum atomic E-state index is 0.801. The SMILES string of the molecule is CC(=S)c1ncc(C)nc1C. The van der Waals surface area contributed by atoms with Crippen LogP contribution < -0.4 is 0 Å². The summed E-state index contributed by atoms with van der Waals surface area (Å²) in [4.78, 5) is 9.22. The third kappa shape index (κ3) is 1.80. The van der Waals surface area contributed by atoms with Gasteiger partial charge in [0.05, 0.1) is 17.1 Å². The molecule has 0 aliphatic rings. The summed E-state index contributed by atoms with van der Waals surface area (Å²) >= 11 is 4.99. The van der Waals surface area contributed by atoms with Crippen LogP contribution in [0.2, 0.25) is 0 Å². The average molecular weight is 166 g/mol. The molecule has 0 bridgehead atoms. The summed E-state index contributed by atoms with van der Waals surface area (Å²) in [5.41, 5.74) is 2.69. The molecule has 0 atom stereocenters. The lowest BCUT2D eigenvalue weighted by atomic mass is 10.2. The number of thiocarbonyl (C=S) groups is 1. The molecule has 0 unspecified atom stereocenters. The molecule has 0 aromatic carbocycles. The Morgan fingerprint density at radius 3 is 2.55 bits per heavy atom. The van der Waals surface area contributed by atoms with Crippen LogP contribution in [0.5, 0.6) is 0 Å². The Balaban J connectivity index is 3.20. The van der Waals surface area contributed by atoms with Crippen LogP contribution >= 0.6 is 12.2 Å². The molecule has 0 spiro atoms.